The van der Waals surface area contributed by atoms with Gasteiger partial charge in [0.2, 0.25) is 17.0 Å². The number of halogens is 1. The number of rotatable bonds is 12. The maximum Gasteiger partial charge on any atom is 0.350 e. The van der Waals surface area contributed by atoms with Gasteiger partial charge in [0, 0.05) is 26.2 Å². The predicted molar refractivity (Wildman–Crippen MR) is 171 cm³/mol. The summed E-state index contributed by atoms with van der Waals surface area (Å²) in [6, 6.07) is 8.68. The highest BCUT2D eigenvalue weighted by atomic mass is 35.5. The lowest BCUT2D eigenvalue weighted by molar-refractivity contribution is -0.200. The molecule has 5 rings (SSSR count). The molecule has 2 aliphatic rings. The fraction of sp³-hybridized carbons (Fsp3) is 0.485. The van der Waals surface area contributed by atoms with E-state index in [0.717, 1.165) is 19.8 Å². The fourth-order valence-electron chi connectivity index (χ4n) is 5.51. The summed E-state index contributed by atoms with van der Waals surface area (Å²) in [6.07, 6.45) is -1.49. The molecule has 0 amide bonds. The number of hydrogen-bond donors (Lipinski definition) is 1. The zero-order valence-electron chi connectivity index (χ0n) is 27.3. The average Bonchev–Trinajstić information content (AvgIpc) is 3.72. The minimum absolute atomic E-state index is 0.0114. The first-order valence-corrected chi connectivity index (χ1v) is 16.0. The molecule has 1 aliphatic heterocycles. The molecule has 1 aliphatic carbocycles. The number of nitrogens with zero attached hydrogens (tertiary/aromatic N) is 4. The Labute approximate surface area is 286 Å². The highest BCUT2D eigenvalue weighted by Gasteiger charge is 2.63. The van der Waals surface area contributed by atoms with Crippen molar-refractivity contribution in [2.24, 2.45) is 5.92 Å². The molecule has 0 spiro atoms. The molecule has 260 valence electrons. The van der Waals surface area contributed by atoms with E-state index in [1.54, 1.807) is 44.2 Å². The van der Waals surface area contributed by atoms with Crippen LogP contribution in [0.25, 0.3) is 11.2 Å². The number of nitrogen functional groups attached to an aromatic ring is 1. The van der Waals surface area contributed by atoms with Gasteiger partial charge in [-0.25, -0.2) is 14.6 Å². The molecule has 2 N–H and O–H groups in total. The number of carbonyl (C=O) groups is 4. The van der Waals surface area contributed by atoms with Crippen molar-refractivity contribution < 1.29 is 47.6 Å². The highest BCUT2D eigenvalue weighted by Crippen LogP contribution is 2.44. The van der Waals surface area contributed by atoms with Crippen LogP contribution >= 0.6 is 11.6 Å². The number of benzene rings is 1. The lowest BCUT2D eigenvalue weighted by Gasteiger charge is -2.35. The molecule has 16 heteroatoms. The second kappa shape index (κ2) is 14.8. The normalized spacial score (nSPS) is 21.8. The Bertz CT molecular complexity index is 1770. The number of esters is 4. The second-order valence-electron chi connectivity index (χ2n) is 11.4. The maximum absolute atomic E-state index is 13.7. The Balaban J connectivity index is 1.66. The topological polar surface area (TPSA) is 193 Å². The van der Waals surface area contributed by atoms with Crippen molar-refractivity contribution >= 4 is 52.5 Å². The molecular weight excluding hydrogens is 662 g/mol. The molecule has 0 radical (unpaired) electrons. The largest absolute Gasteiger partial charge is 0.463 e. The van der Waals surface area contributed by atoms with E-state index in [9.17, 15) is 19.2 Å². The van der Waals surface area contributed by atoms with Crippen LogP contribution in [0.15, 0.2) is 36.7 Å². The monoisotopic (exact) mass is 697 g/mol. The Morgan fingerprint density at radius 3 is 2.33 bits per heavy atom. The number of anilines is 1. The fourth-order valence-corrected chi connectivity index (χ4v) is 5.68. The summed E-state index contributed by atoms with van der Waals surface area (Å²) in [7, 11) is 0. The van der Waals surface area contributed by atoms with Gasteiger partial charge in [-0.1, -0.05) is 36.3 Å². The van der Waals surface area contributed by atoms with Gasteiger partial charge in [-0.15, -0.1) is 0 Å². The van der Waals surface area contributed by atoms with E-state index in [0.29, 0.717) is 5.56 Å². The molecule has 3 heterocycles. The van der Waals surface area contributed by atoms with Gasteiger partial charge in [-0.05, 0) is 49.8 Å². The molecule has 15 nitrogen and oxygen atoms in total. The van der Waals surface area contributed by atoms with Crippen LogP contribution in [0.2, 0.25) is 5.28 Å². The van der Waals surface area contributed by atoms with Crippen molar-refractivity contribution in [1.82, 2.24) is 19.5 Å². The molecule has 2 fully saturated rings. The third-order valence-corrected chi connectivity index (χ3v) is 7.97. The summed E-state index contributed by atoms with van der Waals surface area (Å²) < 4.78 is 36.6. The molecule has 0 unspecified atom stereocenters. The molecule has 1 saturated carbocycles. The van der Waals surface area contributed by atoms with E-state index in [2.05, 4.69) is 26.8 Å². The van der Waals surface area contributed by atoms with Gasteiger partial charge in [-0.2, -0.15) is 9.97 Å². The first-order valence-electron chi connectivity index (χ1n) is 15.7. The number of ether oxygens (including phenoxy) is 6. The van der Waals surface area contributed by atoms with Crippen LogP contribution in [0.3, 0.4) is 0 Å². The molecule has 49 heavy (non-hydrogen) atoms. The zero-order valence-corrected chi connectivity index (χ0v) is 28.1. The Morgan fingerprint density at radius 1 is 1.06 bits per heavy atom. The molecule has 4 atom stereocenters. The van der Waals surface area contributed by atoms with Crippen LogP contribution in [0.5, 0.6) is 0 Å². The van der Waals surface area contributed by atoms with E-state index < -0.39 is 60.1 Å². The molecule has 1 aromatic carbocycles. The summed E-state index contributed by atoms with van der Waals surface area (Å²) in [4.78, 5) is 65.3. The first-order chi connectivity index (χ1) is 23.4. The van der Waals surface area contributed by atoms with Crippen LogP contribution in [-0.2, 0) is 54.0 Å². The Kier molecular flexibility index (Phi) is 10.7. The number of fused-ring (bicyclic) bond motifs is 1. The molecule has 0 bridgehead atoms. The molecule has 2 aromatic heterocycles. The maximum atomic E-state index is 13.7. The Morgan fingerprint density at radius 2 is 1.73 bits per heavy atom. The third kappa shape index (κ3) is 7.46. The third-order valence-electron chi connectivity index (χ3n) is 7.80. The second-order valence-corrected chi connectivity index (χ2v) is 11.8. The highest BCUT2D eigenvalue weighted by molar-refractivity contribution is 6.28. The lowest BCUT2D eigenvalue weighted by atomic mass is 9.90. The van der Waals surface area contributed by atoms with E-state index in [4.69, 9.17) is 45.8 Å². The summed E-state index contributed by atoms with van der Waals surface area (Å²) in [5.41, 5.74) is 2.54. The number of aromatic nitrogens is 4. The van der Waals surface area contributed by atoms with Crippen molar-refractivity contribution in [3.8, 4) is 11.8 Å². The van der Waals surface area contributed by atoms with E-state index in [1.807, 2.05) is 0 Å². The van der Waals surface area contributed by atoms with E-state index >= 15 is 0 Å². The number of imidazole rings is 1. The minimum Gasteiger partial charge on any atom is -0.463 e. The lowest BCUT2D eigenvalue weighted by Crippen LogP contribution is -2.57. The standard InChI is InChI=1S/C33H36ClN5O10/c1-5-44-29(42)33(30(43)45-6-2,16-22-10-8-7-9-11-22)46-17-23-32(49-20(4)41,15-14-21-12-13-21)25(47-19(3)40)28(48-23)39-18-36-24-26(35)37-31(34)38-27(24)39/h7-11,18,21,23,25,28H,5-6,12-13,16-17H2,1-4H3,(H2,35,37,38)/t23-,25+,28-,32-/m1/s1. The summed E-state index contributed by atoms with van der Waals surface area (Å²) >= 11 is 6.13. The van der Waals surface area contributed by atoms with Gasteiger partial charge in [0.15, 0.2) is 17.7 Å². The van der Waals surface area contributed by atoms with E-state index in [1.165, 1.54) is 17.8 Å². The van der Waals surface area contributed by atoms with Crippen molar-refractivity contribution in [3.63, 3.8) is 0 Å². The molecular formula is C33H36ClN5O10. The SMILES string of the molecule is CCOC(=O)C(Cc1ccccc1)(OC[C@H]1O[C@@H](n2cnc3c(N)nc(Cl)nc32)[C@H](OC(C)=O)[C@]1(C#CC1CC1)OC(C)=O)C(=O)OCC. The van der Waals surface area contributed by atoms with Gasteiger partial charge >= 0.3 is 23.9 Å². The summed E-state index contributed by atoms with van der Waals surface area (Å²) in [5.74, 6) is 2.54. The quantitative estimate of drug-likeness (QED) is 0.0954. The van der Waals surface area contributed by atoms with Gasteiger partial charge in [0.05, 0.1) is 26.1 Å². The van der Waals surface area contributed by atoms with Gasteiger partial charge in [0.1, 0.15) is 11.6 Å². The van der Waals surface area contributed by atoms with Gasteiger partial charge in [-0.3, -0.25) is 14.2 Å². The van der Waals surface area contributed by atoms with Gasteiger partial charge in [0.25, 0.3) is 5.60 Å². The van der Waals surface area contributed by atoms with Crippen LogP contribution in [0, 0.1) is 17.8 Å². The minimum atomic E-state index is -2.32. The number of nitrogens with two attached hydrogens (primary N) is 1. The smallest absolute Gasteiger partial charge is 0.350 e. The Hall–Kier alpha value is -4.78. The zero-order chi connectivity index (χ0) is 35.3. The van der Waals surface area contributed by atoms with Crippen molar-refractivity contribution in [1.29, 1.82) is 0 Å². The van der Waals surface area contributed by atoms with Crippen LogP contribution in [0.1, 0.15) is 52.3 Å². The number of hydrogen-bond acceptors (Lipinski definition) is 14. The molecule has 3 aromatic rings. The predicted octanol–water partition coefficient (Wildman–Crippen LogP) is 2.73. The van der Waals surface area contributed by atoms with Gasteiger partial charge < -0.3 is 34.2 Å². The van der Waals surface area contributed by atoms with Crippen molar-refractivity contribution in [2.45, 2.75) is 76.6 Å². The summed E-state index contributed by atoms with van der Waals surface area (Å²) in [5, 5.41) is -0.192. The van der Waals surface area contributed by atoms with E-state index in [-0.39, 0.29) is 47.8 Å². The average molecular weight is 698 g/mol. The number of carbonyl (C=O) groups excluding carboxylic acids is 4. The van der Waals surface area contributed by atoms with Crippen LogP contribution in [-0.4, -0.2) is 86.6 Å². The van der Waals surface area contributed by atoms with Crippen molar-refractivity contribution in [2.75, 3.05) is 25.6 Å². The van der Waals surface area contributed by atoms with Crippen LogP contribution in [0.4, 0.5) is 5.82 Å². The van der Waals surface area contributed by atoms with Crippen LogP contribution < -0.4 is 5.73 Å². The van der Waals surface area contributed by atoms with Crippen molar-refractivity contribution in [3.05, 3.63) is 47.5 Å². The summed E-state index contributed by atoms with van der Waals surface area (Å²) in [6.45, 7) is 4.76. The molecule has 1 saturated heterocycles. The first kappa shape index (κ1) is 35.5.